The van der Waals surface area contributed by atoms with Crippen molar-refractivity contribution in [2.45, 2.75) is 6.54 Å². The number of nitrogens with zero attached hydrogens (tertiary/aromatic N) is 7. The van der Waals surface area contributed by atoms with Gasteiger partial charge in [0.1, 0.15) is 5.82 Å². The average Bonchev–Trinajstić information content (AvgIpc) is 2.97. The van der Waals surface area contributed by atoms with E-state index in [0.717, 1.165) is 5.56 Å². The Bertz CT molecular complexity index is 682. The number of tetrazole rings is 1. The zero-order chi connectivity index (χ0) is 12.5. The van der Waals surface area contributed by atoms with E-state index in [-0.39, 0.29) is 0 Å². The third-order valence-corrected chi connectivity index (χ3v) is 2.63. The lowest BCUT2D eigenvalue weighted by Gasteiger charge is -2.06. The molecule has 0 bridgehead atoms. The van der Waals surface area contributed by atoms with Gasteiger partial charge in [0.25, 0.3) is 0 Å². The monoisotopic (exact) mass is 245 g/mol. The molecule has 0 amide bonds. The zero-order valence-electron chi connectivity index (χ0n) is 9.65. The number of nitrogens with one attached hydrogen (secondary N) is 1. The smallest absolute Gasteiger partial charge is 0.199 e. The molecular formula is C9H11N9. The van der Waals surface area contributed by atoms with E-state index in [2.05, 4.69) is 30.9 Å². The molecule has 18 heavy (non-hydrogen) atoms. The largest absolute Gasteiger partial charge is 0.384 e. The predicted octanol–water partition coefficient (Wildman–Crippen LogP) is -0.553. The third-order valence-electron chi connectivity index (χ3n) is 2.63. The van der Waals surface area contributed by atoms with Crippen LogP contribution in [0.2, 0.25) is 0 Å². The highest BCUT2D eigenvalue weighted by Gasteiger charge is 2.07. The van der Waals surface area contributed by atoms with Crippen LogP contribution in [0.3, 0.4) is 0 Å². The van der Waals surface area contributed by atoms with Gasteiger partial charge in [0.05, 0.1) is 18.6 Å². The van der Waals surface area contributed by atoms with Gasteiger partial charge in [-0.3, -0.25) is 9.67 Å². The maximum atomic E-state index is 5.86. The maximum absolute atomic E-state index is 5.86. The van der Waals surface area contributed by atoms with E-state index >= 15 is 0 Å². The first-order valence-electron chi connectivity index (χ1n) is 5.28. The molecule has 0 saturated carbocycles. The lowest BCUT2D eigenvalue weighted by Crippen LogP contribution is -2.07. The molecule has 0 radical (unpaired) electrons. The van der Waals surface area contributed by atoms with Crippen molar-refractivity contribution in [3.05, 3.63) is 24.2 Å². The molecule has 0 unspecified atom stereocenters. The Morgan fingerprint density at radius 2 is 2.22 bits per heavy atom. The molecule has 0 aliphatic carbocycles. The molecule has 9 heteroatoms. The van der Waals surface area contributed by atoms with Crippen LogP contribution in [0.15, 0.2) is 18.6 Å². The lowest BCUT2D eigenvalue weighted by atomic mass is 10.3. The van der Waals surface area contributed by atoms with E-state index in [1.165, 1.54) is 0 Å². The number of nitrogens with two attached hydrogens (primary N) is 1. The topological polar surface area (TPSA) is 112 Å². The van der Waals surface area contributed by atoms with Crippen LogP contribution in [0.4, 0.5) is 11.6 Å². The lowest BCUT2D eigenvalue weighted by molar-refractivity contribution is 0.778. The molecular weight excluding hydrogens is 234 g/mol. The molecule has 0 fully saturated rings. The van der Waals surface area contributed by atoms with E-state index in [9.17, 15) is 0 Å². The van der Waals surface area contributed by atoms with Crippen molar-refractivity contribution in [1.82, 2.24) is 34.8 Å². The fourth-order valence-electron chi connectivity index (χ4n) is 1.61. The summed E-state index contributed by atoms with van der Waals surface area (Å²) in [7, 11) is 1.79. The minimum Gasteiger partial charge on any atom is -0.384 e. The quantitative estimate of drug-likeness (QED) is 0.636. The van der Waals surface area contributed by atoms with Crippen molar-refractivity contribution < 1.29 is 0 Å². The van der Waals surface area contributed by atoms with E-state index in [0.29, 0.717) is 23.8 Å². The van der Waals surface area contributed by atoms with Crippen molar-refractivity contribution in [2.24, 2.45) is 7.05 Å². The second kappa shape index (κ2) is 3.95. The SMILES string of the molecule is Cn1ncc(CNc2cncc3nnnn23)c1N. The summed E-state index contributed by atoms with van der Waals surface area (Å²) in [5.74, 6) is 1.32. The molecule has 9 nitrogen and oxygen atoms in total. The molecule has 0 saturated heterocycles. The summed E-state index contributed by atoms with van der Waals surface area (Å²) in [5.41, 5.74) is 7.34. The molecule has 0 spiro atoms. The fraction of sp³-hybridized carbons (Fsp3) is 0.222. The Kier molecular flexibility index (Phi) is 2.29. The van der Waals surface area contributed by atoms with Crippen LogP contribution in [-0.2, 0) is 13.6 Å². The van der Waals surface area contributed by atoms with Gasteiger partial charge in [0.15, 0.2) is 11.5 Å². The van der Waals surface area contributed by atoms with Crippen molar-refractivity contribution in [2.75, 3.05) is 11.1 Å². The van der Waals surface area contributed by atoms with E-state index in [1.807, 2.05) is 0 Å². The van der Waals surface area contributed by atoms with Gasteiger partial charge in [-0.2, -0.15) is 9.61 Å². The Morgan fingerprint density at radius 3 is 3.00 bits per heavy atom. The second-order valence-corrected chi connectivity index (χ2v) is 3.77. The summed E-state index contributed by atoms with van der Waals surface area (Å²) < 4.78 is 3.19. The predicted molar refractivity (Wildman–Crippen MR) is 63.5 cm³/mol. The summed E-state index contributed by atoms with van der Waals surface area (Å²) in [4.78, 5) is 4.05. The van der Waals surface area contributed by atoms with Gasteiger partial charge in [-0.25, -0.2) is 0 Å². The normalized spacial score (nSPS) is 10.9. The number of hydrogen-bond acceptors (Lipinski definition) is 7. The Labute approximate surface area is 102 Å². The minimum atomic E-state index is 0.528. The van der Waals surface area contributed by atoms with Crippen molar-refractivity contribution in [3.8, 4) is 0 Å². The Morgan fingerprint density at radius 1 is 1.33 bits per heavy atom. The molecule has 3 N–H and O–H groups in total. The molecule has 0 atom stereocenters. The Hall–Kier alpha value is -2.71. The molecule has 3 heterocycles. The summed E-state index contributed by atoms with van der Waals surface area (Å²) in [6, 6.07) is 0. The molecule has 0 aliphatic rings. The second-order valence-electron chi connectivity index (χ2n) is 3.77. The first kappa shape index (κ1) is 10.4. The number of anilines is 2. The summed E-state index contributed by atoms with van der Waals surface area (Å²) in [6.45, 7) is 0.528. The average molecular weight is 245 g/mol. The van der Waals surface area contributed by atoms with Crippen LogP contribution in [0.25, 0.3) is 5.65 Å². The van der Waals surface area contributed by atoms with Gasteiger partial charge in [-0.15, -0.1) is 5.10 Å². The van der Waals surface area contributed by atoms with Gasteiger partial charge in [0, 0.05) is 19.2 Å². The zero-order valence-corrected chi connectivity index (χ0v) is 9.65. The van der Waals surface area contributed by atoms with E-state index < -0.39 is 0 Å². The van der Waals surface area contributed by atoms with Crippen LogP contribution in [0.5, 0.6) is 0 Å². The molecule has 0 aromatic carbocycles. The highest BCUT2D eigenvalue weighted by atomic mass is 15.5. The standard InChI is InChI=1S/C9H11N9/c1-17-9(10)6(3-13-17)2-12-7-4-11-5-8-14-15-16-18(7)8/h3-5,12H,2,10H2,1H3. The fourth-order valence-corrected chi connectivity index (χ4v) is 1.61. The summed E-state index contributed by atoms with van der Waals surface area (Å²) in [5, 5.41) is 18.5. The van der Waals surface area contributed by atoms with Crippen molar-refractivity contribution >= 4 is 17.3 Å². The number of aromatic nitrogens is 7. The number of nitrogen functional groups attached to an aromatic ring is 1. The molecule has 92 valence electrons. The van der Waals surface area contributed by atoms with Gasteiger partial charge < -0.3 is 11.1 Å². The summed E-state index contributed by atoms with van der Waals surface area (Å²) >= 11 is 0. The van der Waals surface area contributed by atoms with Gasteiger partial charge in [0.2, 0.25) is 0 Å². The number of hydrogen-bond donors (Lipinski definition) is 2. The molecule has 3 aromatic rings. The van der Waals surface area contributed by atoms with Gasteiger partial charge >= 0.3 is 0 Å². The molecule has 0 aliphatic heterocycles. The number of fused-ring (bicyclic) bond motifs is 1. The van der Waals surface area contributed by atoms with Crippen LogP contribution in [-0.4, -0.2) is 34.8 Å². The van der Waals surface area contributed by atoms with Gasteiger partial charge in [-0.1, -0.05) is 0 Å². The van der Waals surface area contributed by atoms with E-state index in [1.54, 1.807) is 34.8 Å². The maximum Gasteiger partial charge on any atom is 0.199 e. The number of aryl methyl sites for hydroxylation is 1. The molecule has 3 rings (SSSR count). The summed E-state index contributed by atoms with van der Waals surface area (Å²) in [6.07, 6.45) is 4.95. The van der Waals surface area contributed by atoms with Crippen LogP contribution < -0.4 is 11.1 Å². The first-order chi connectivity index (χ1) is 8.75. The highest BCUT2D eigenvalue weighted by molar-refractivity contribution is 5.46. The van der Waals surface area contributed by atoms with Crippen LogP contribution in [0, 0.1) is 0 Å². The van der Waals surface area contributed by atoms with Crippen molar-refractivity contribution in [1.29, 1.82) is 0 Å². The highest BCUT2D eigenvalue weighted by Crippen LogP contribution is 2.12. The first-order valence-corrected chi connectivity index (χ1v) is 5.28. The third kappa shape index (κ3) is 1.61. The minimum absolute atomic E-state index is 0.528. The van der Waals surface area contributed by atoms with Crippen molar-refractivity contribution in [3.63, 3.8) is 0 Å². The van der Waals surface area contributed by atoms with Crippen LogP contribution >= 0.6 is 0 Å². The Balaban J connectivity index is 1.85. The molecule has 3 aromatic heterocycles. The number of rotatable bonds is 3. The van der Waals surface area contributed by atoms with Crippen LogP contribution in [0.1, 0.15) is 5.56 Å². The van der Waals surface area contributed by atoms with E-state index in [4.69, 9.17) is 5.73 Å². The van der Waals surface area contributed by atoms with Gasteiger partial charge in [-0.05, 0) is 10.4 Å².